The van der Waals surface area contributed by atoms with Gasteiger partial charge in [0.2, 0.25) is 0 Å². The van der Waals surface area contributed by atoms with Crippen molar-refractivity contribution < 1.29 is 18.9 Å². The first-order valence-corrected chi connectivity index (χ1v) is 9.29. The molecule has 5 heteroatoms. The average Bonchev–Trinajstić information content (AvgIpc) is 2.71. The predicted molar refractivity (Wildman–Crippen MR) is 106 cm³/mol. The summed E-state index contributed by atoms with van der Waals surface area (Å²) in [5.41, 5.74) is 4.49. The fourth-order valence-electron chi connectivity index (χ4n) is 3.62. The maximum absolute atomic E-state index is 6.03. The number of hydrogen-bond acceptors (Lipinski definition) is 5. The smallest absolute Gasteiger partial charge is 0.161 e. The molecule has 4 rings (SSSR count). The van der Waals surface area contributed by atoms with Gasteiger partial charge in [-0.05, 0) is 41.8 Å². The molecule has 0 bridgehead atoms. The predicted octanol–water partition coefficient (Wildman–Crippen LogP) is 4.20. The Kier molecular flexibility index (Phi) is 4.94. The van der Waals surface area contributed by atoms with Gasteiger partial charge in [-0.15, -0.1) is 0 Å². The first-order valence-electron chi connectivity index (χ1n) is 9.29. The van der Waals surface area contributed by atoms with Gasteiger partial charge in [0.15, 0.2) is 11.5 Å². The summed E-state index contributed by atoms with van der Waals surface area (Å²) in [4.78, 5) is 2.32. The van der Waals surface area contributed by atoms with Gasteiger partial charge in [0.25, 0.3) is 0 Å². The molecule has 142 valence electrons. The van der Waals surface area contributed by atoms with Crippen LogP contribution in [0.15, 0.2) is 30.3 Å². The second kappa shape index (κ2) is 7.53. The van der Waals surface area contributed by atoms with Crippen LogP contribution < -0.4 is 18.9 Å². The van der Waals surface area contributed by atoms with Crippen molar-refractivity contribution in [1.29, 1.82) is 0 Å². The normalized spacial score (nSPS) is 15.7. The molecule has 0 spiro atoms. The summed E-state index contributed by atoms with van der Waals surface area (Å²) in [7, 11) is 3.29. The molecule has 0 unspecified atom stereocenters. The third kappa shape index (κ3) is 3.47. The van der Waals surface area contributed by atoms with Crippen LogP contribution in [0.5, 0.6) is 23.0 Å². The highest BCUT2D eigenvalue weighted by Crippen LogP contribution is 2.39. The quantitative estimate of drug-likeness (QED) is 0.792. The molecule has 0 atom stereocenters. The Bertz CT molecular complexity index is 875. The minimum atomic E-state index is 0.517. The second-order valence-corrected chi connectivity index (χ2v) is 6.85. The Balaban J connectivity index is 1.66. The Hall–Kier alpha value is -2.66. The summed E-state index contributed by atoms with van der Waals surface area (Å²) in [5.74, 6) is 3.25. The fraction of sp³-hybridized carbons (Fsp3) is 0.364. The van der Waals surface area contributed by atoms with Crippen LogP contribution in [0.3, 0.4) is 0 Å². The molecule has 0 saturated carbocycles. The van der Waals surface area contributed by atoms with Crippen molar-refractivity contribution in [1.82, 2.24) is 4.90 Å². The number of fused-ring (bicyclic) bond motifs is 2. The lowest BCUT2D eigenvalue weighted by molar-refractivity contribution is 0.0951. The van der Waals surface area contributed by atoms with E-state index >= 15 is 0 Å². The summed E-state index contributed by atoms with van der Waals surface area (Å²) >= 11 is 0. The zero-order chi connectivity index (χ0) is 18.8. The topological polar surface area (TPSA) is 40.2 Å². The maximum Gasteiger partial charge on any atom is 0.161 e. The zero-order valence-corrected chi connectivity index (χ0v) is 16.1. The number of methoxy groups -OCH3 is 2. The Labute approximate surface area is 160 Å². The molecular weight excluding hydrogens is 342 g/mol. The molecule has 27 heavy (non-hydrogen) atoms. The highest BCUT2D eigenvalue weighted by atomic mass is 16.5. The van der Waals surface area contributed by atoms with E-state index in [0.29, 0.717) is 13.3 Å². The van der Waals surface area contributed by atoms with Crippen LogP contribution in [-0.2, 0) is 6.54 Å². The second-order valence-electron chi connectivity index (χ2n) is 6.85. The molecule has 0 amide bonds. The molecule has 0 fully saturated rings. The van der Waals surface area contributed by atoms with Crippen molar-refractivity contribution in [3.63, 3.8) is 0 Å². The van der Waals surface area contributed by atoms with Crippen molar-refractivity contribution in [3.05, 3.63) is 47.0 Å². The van der Waals surface area contributed by atoms with Gasteiger partial charge >= 0.3 is 0 Å². The van der Waals surface area contributed by atoms with E-state index in [9.17, 15) is 0 Å². The molecule has 2 heterocycles. The molecule has 2 aliphatic heterocycles. The van der Waals surface area contributed by atoms with Gasteiger partial charge < -0.3 is 18.9 Å². The van der Waals surface area contributed by atoms with E-state index in [1.54, 1.807) is 14.2 Å². The molecule has 0 aliphatic carbocycles. The highest BCUT2D eigenvalue weighted by Gasteiger charge is 2.22. The van der Waals surface area contributed by atoms with Crippen LogP contribution in [-0.4, -0.2) is 39.0 Å². The van der Waals surface area contributed by atoms with Crippen LogP contribution in [0, 0.1) is 0 Å². The van der Waals surface area contributed by atoms with E-state index < -0.39 is 0 Å². The highest BCUT2D eigenvalue weighted by molar-refractivity contribution is 5.86. The van der Waals surface area contributed by atoms with Crippen LogP contribution in [0.25, 0.3) is 11.6 Å². The van der Waals surface area contributed by atoms with E-state index in [1.165, 1.54) is 5.56 Å². The van der Waals surface area contributed by atoms with Crippen LogP contribution in [0.1, 0.15) is 30.0 Å². The molecule has 2 aromatic carbocycles. The van der Waals surface area contributed by atoms with Gasteiger partial charge in [-0.1, -0.05) is 13.0 Å². The van der Waals surface area contributed by atoms with Gasteiger partial charge in [-0.3, -0.25) is 4.90 Å². The number of hydrogen-bond donors (Lipinski definition) is 0. The van der Waals surface area contributed by atoms with E-state index in [-0.39, 0.29) is 0 Å². The van der Waals surface area contributed by atoms with Crippen LogP contribution in [0.2, 0.25) is 0 Å². The maximum atomic E-state index is 6.03. The Morgan fingerprint density at radius 2 is 1.85 bits per heavy atom. The largest absolute Gasteiger partial charge is 0.493 e. The monoisotopic (exact) mass is 367 g/mol. The molecule has 0 aromatic heterocycles. The zero-order valence-electron chi connectivity index (χ0n) is 16.1. The first kappa shape index (κ1) is 17.7. The standard InChI is InChI=1S/C22H25NO4/c1-4-7-23-12-17-8-16-9-18(13-26-20(16)11-21(17)27-14-23)15-5-6-19(24-2)22(10-15)25-3/h5-6,8-11H,4,7,12-14H2,1-3H3. The molecule has 0 saturated heterocycles. The summed E-state index contributed by atoms with van der Waals surface area (Å²) < 4.78 is 22.7. The first-order chi connectivity index (χ1) is 13.2. The molecular formula is C22H25NO4. The third-order valence-electron chi connectivity index (χ3n) is 5.00. The lowest BCUT2D eigenvalue weighted by atomic mass is 9.98. The molecule has 5 nitrogen and oxygen atoms in total. The van der Waals surface area contributed by atoms with Crippen LogP contribution >= 0.6 is 0 Å². The molecule has 0 radical (unpaired) electrons. The molecule has 0 N–H and O–H groups in total. The number of ether oxygens (including phenoxy) is 4. The van der Waals surface area contributed by atoms with Crippen molar-refractivity contribution in [2.24, 2.45) is 0 Å². The lowest BCUT2D eigenvalue weighted by Crippen LogP contribution is -2.32. The van der Waals surface area contributed by atoms with E-state index in [0.717, 1.165) is 59.2 Å². The summed E-state index contributed by atoms with van der Waals surface area (Å²) in [5, 5.41) is 0. The van der Waals surface area contributed by atoms with Gasteiger partial charge in [-0.2, -0.15) is 0 Å². The number of nitrogens with zero attached hydrogens (tertiary/aromatic N) is 1. The van der Waals surface area contributed by atoms with E-state index in [2.05, 4.69) is 24.0 Å². The minimum Gasteiger partial charge on any atom is -0.493 e. The van der Waals surface area contributed by atoms with Gasteiger partial charge in [0.05, 0.1) is 14.2 Å². The Morgan fingerprint density at radius 1 is 1.00 bits per heavy atom. The van der Waals surface area contributed by atoms with Crippen LogP contribution in [0.4, 0.5) is 0 Å². The lowest BCUT2D eigenvalue weighted by Gasteiger charge is -2.30. The number of rotatable bonds is 5. The fourth-order valence-corrected chi connectivity index (χ4v) is 3.62. The molecule has 2 aliphatic rings. The van der Waals surface area contributed by atoms with Gasteiger partial charge in [-0.25, -0.2) is 0 Å². The third-order valence-corrected chi connectivity index (χ3v) is 5.00. The van der Waals surface area contributed by atoms with Crippen molar-refractivity contribution >= 4 is 11.6 Å². The van der Waals surface area contributed by atoms with Crippen molar-refractivity contribution in [3.8, 4) is 23.0 Å². The summed E-state index contributed by atoms with van der Waals surface area (Å²) in [6, 6.07) is 10.2. The summed E-state index contributed by atoms with van der Waals surface area (Å²) in [6.45, 7) is 5.31. The Morgan fingerprint density at radius 3 is 2.63 bits per heavy atom. The summed E-state index contributed by atoms with van der Waals surface area (Å²) in [6.07, 6.45) is 3.31. The van der Waals surface area contributed by atoms with Crippen molar-refractivity contribution in [2.45, 2.75) is 19.9 Å². The average molecular weight is 367 g/mol. The van der Waals surface area contributed by atoms with Crippen molar-refractivity contribution in [2.75, 3.05) is 34.1 Å². The minimum absolute atomic E-state index is 0.517. The molecule has 2 aromatic rings. The van der Waals surface area contributed by atoms with E-state index in [1.807, 2.05) is 24.3 Å². The number of benzene rings is 2. The van der Waals surface area contributed by atoms with Gasteiger partial charge in [0.1, 0.15) is 24.8 Å². The SMILES string of the molecule is CCCN1COc2cc3c(cc2C1)C=C(c1ccc(OC)c(OC)c1)CO3. The van der Waals surface area contributed by atoms with Gasteiger partial charge in [0, 0.05) is 30.3 Å². The van der Waals surface area contributed by atoms with E-state index in [4.69, 9.17) is 18.9 Å².